The van der Waals surface area contributed by atoms with Crippen LogP contribution >= 0.6 is 0 Å². The number of halogens is 1. The van der Waals surface area contributed by atoms with Crippen LogP contribution in [0.3, 0.4) is 0 Å². The lowest BCUT2D eigenvalue weighted by Crippen LogP contribution is -2.54. The van der Waals surface area contributed by atoms with E-state index in [1.54, 1.807) is 13.2 Å². The van der Waals surface area contributed by atoms with Crippen LogP contribution in [0.1, 0.15) is 42.5 Å². The van der Waals surface area contributed by atoms with Gasteiger partial charge >= 0.3 is 0 Å². The number of rotatable bonds is 1. The van der Waals surface area contributed by atoms with Gasteiger partial charge in [-0.3, -0.25) is 4.79 Å². The van der Waals surface area contributed by atoms with E-state index in [1.807, 2.05) is 0 Å². The summed E-state index contributed by atoms with van der Waals surface area (Å²) in [6, 6.07) is 4.13. The zero-order valence-electron chi connectivity index (χ0n) is 10.9. The van der Waals surface area contributed by atoms with E-state index in [9.17, 15) is 9.18 Å². The maximum absolute atomic E-state index is 13.2. The molecule has 1 aliphatic carbocycles. The van der Waals surface area contributed by atoms with Crippen molar-refractivity contribution in [3.63, 3.8) is 0 Å². The number of carbonyl (C=O) groups is 1. The van der Waals surface area contributed by atoms with Crippen LogP contribution in [0.2, 0.25) is 0 Å². The molecule has 1 spiro atoms. The average molecular weight is 264 g/mol. The second kappa shape index (κ2) is 4.60. The number of benzene rings is 1. The van der Waals surface area contributed by atoms with E-state index in [0.717, 1.165) is 25.7 Å². The third-order valence-electron chi connectivity index (χ3n) is 4.20. The summed E-state index contributed by atoms with van der Waals surface area (Å²) in [6.07, 6.45) is 4.05. The quantitative estimate of drug-likeness (QED) is 0.781. The van der Waals surface area contributed by atoms with Gasteiger partial charge in [0.2, 0.25) is 0 Å². The van der Waals surface area contributed by atoms with E-state index in [4.69, 9.17) is 9.47 Å². The van der Waals surface area contributed by atoms with Crippen LogP contribution in [0.25, 0.3) is 0 Å². The van der Waals surface area contributed by atoms with Crippen molar-refractivity contribution in [2.24, 2.45) is 0 Å². The van der Waals surface area contributed by atoms with Crippen LogP contribution in [-0.4, -0.2) is 24.6 Å². The van der Waals surface area contributed by atoms with E-state index in [0.29, 0.717) is 11.3 Å². The molecule has 0 bridgehead atoms. The van der Waals surface area contributed by atoms with Crippen molar-refractivity contribution in [2.45, 2.75) is 43.8 Å². The van der Waals surface area contributed by atoms with Gasteiger partial charge in [0.1, 0.15) is 17.2 Å². The first-order valence-corrected chi connectivity index (χ1v) is 6.69. The normalized spacial score (nSPS) is 30.0. The molecule has 1 aromatic rings. The van der Waals surface area contributed by atoms with Crippen molar-refractivity contribution in [3.05, 3.63) is 29.6 Å². The number of methoxy groups -OCH3 is 1. The number of Topliss-reactive ketones (excluding diaryl/α,β-unsaturated/α-hetero) is 1. The summed E-state index contributed by atoms with van der Waals surface area (Å²) in [6.45, 7) is 0. The number of ether oxygens (including phenoxy) is 2. The first-order valence-electron chi connectivity index (χ1n) is 6.69. The highest BCUT2D eigenvalue weighted by atomic mass is 19.1. The fourth-order valence-electron chi connectivity index (χ4n) is 3.26. The molecule has 0 amide bonds. The van der Waals surface area contributed by atoms with Crippen LogP contribution in [0.4, 0.5) is 4.39 Å². The zero-order valence-corrected chi connectivity index (χ0v) is 10.9. The summed E-state index contributed by atoms with van der Waals surface area (Å²) in [5.74, 6) is 0.0323. The average Bonchev–Trinajstić information content (AvgIpc) is 2.40. The summed E-state index contributed by atoms with van der Waals surface area (Å²) < 4.78 is 24.8. The third kappa shape index (κ3) is 2.04. The fourth-order valence-corrected chi connectivity index (χ4v) is 3.26. The Hall–Kier alpha value is -1.42. The number of carbonyl (C=O) groups excluding carboxylic acids is 1. The predicted molar refractivity (Wildman–Crippen MR) is 68.0 cm³/mol. The molecule has 2 aliphatic rings. The molecule has 0 saturated heterocycles. The molecule has 0 N–H and O–H groups in total. The van der Waals surface area contributed by atoms with Crippen LogP contribution in [0, 0.1) is 5.82 Å². The number of fused-ring (bicyclic) bond motifs is 1. The molecule has 0 aromatic heterocycles. The number of ketones is 1. The summed E-state index contributed by atoms with van der Waals surface area (Å²) in [5, 5.41) is 0. The summed E-state index contributed by atoms with van der Waals surface area (Å²) in [4.78, 5) is 12.3. The topological polar surface area (TPSA) is 35.5 Å². The van der Waals surface area contributed by atoms with E-state index < -0.39 is 11.4 Å². The van der Waals surface area contributed by atoms with Crippen molar-refractivity contribution < 1.29 is 18.7 Å². The minimum Gasteiger partial charge on any atom is -0.483 e. The summed E-state index contributed by atoms with van der Waals surface area (Å²) in [7, 11) is 1.66. The van der Waals surface area contributed by atoms with Gasteiger partial charge < -0.3 is 9.47 Å². The Labute approximate surface area is 111 Å². The van der Waals surface area contributed by atoms with Crippen molar-refractivity contribution in [1.82, 2.24) is 0 Å². The third-order valence-corrected chi connectivity index (χ3v) is 4.20. The Kier molecular flexibility index (Phi) is 3.05. The van der Waals surface area contributed by atoms with Gasteiger partial charge in [0.05, 0.1) is 18.1 Å². The molecule has 19 heavy (non-hydrogen) atoms. The molecule has 2 atom stereocenters. The standard InChI is InChI=1S/C15H17FO3/c1-18-14-4-2-3-7-15(14)9-12(17)11-8-10(16)5-6-13(11)19-15/h5-6,8,14H,2-4,7,9H2,1H3. The molecule has 2 unspecified atom stereocenters. The Morgan fingerprint density at radius 3 is 3.05 bits per heavy atom. The highest BCUT2D eigenvalue weighted by Gasteiger charge is 2.48. The Morgan fingerprint density at radius 1 is 1.42 bits per heavy atom. The smallest absolute Gasteiger partial charge is 0.170 e. The molecule has 102 valence electrons. The van der Waals surface area contributed by atoms with Gasteiger partial charge in [-0.15, -0.1) is 0 Å². The molecule has 1 fully saturated rings. The van der Waals surface area contributed by atoms with Crippen LogP contribution in [-0.2, 0) is 4.74 Å². The first-order chi connectivity index (χ1) is 9.14. The molecule has 1 heterocycles. The lowest BCUT2D eigenvalue weighted by atomic mass is 9.76. The molecule has 3 nitrogen and oxygen atoms in total. The minimum absolute atomic E-state index is 0.0512. The van der Waals surface area contributed by atoms with Crippen LogP contribution in [0.15, 0.2) is 18.2 Å². The van der Waals surface area contributed by atoms with Gasteiger partial charge in [0.15, 0.2) is 5.78 Å². The SMILES string of the molecule is COC1CCCCC12CC(=O)c1cc(F)ccc1O2. The Balaban J connectivity index is 1.99. The van der Waals surface area contributed by atoms with Crippen LogP contribution in [0.5, 0.6) is 5.75 Å². The number of hydrogen-bond acceptors (Lipinski definition) is 3. The lowest BCUT2D eigenvalue weighted by molar-refractivity contribution is -0.102. The highest BCUT2D eigenvalue weighted by Crippen LogP contribution is 2.43. The van der Waals surface area contributed by atoms with Gasteiger partial charge in [-0.2, -0.15) is 0 Å². The molecule has 1 saturated carbocycles. The first kappa shape index (κ1) is 12.6. The van der Waals surface area contributed by atoms with E-state index >= 15 is 0 Å². The van der Waals surface area contributed by atoms with Gasteiger partial charge in [0.25, 0.3) is 0 Å². The molecule has 3 rings (SSSR count). The lowest BCUT2D eigenvalue weighted by Gasteiger charge is -2.45. The maximum atomic E-state index is 13.2. The van der Waals surface area contributed by atoms with Crippen molar-refractivity contribution in [2.75, 3.05) is 7.11 Å². The summed E-state index contributed by atoms with van der Waals surface area (Å²) in [5.41, 5.74) is -0.208. The van der Waals surface area contributed by atoms with Gasteiger partial charge in [-0.25, -0.2) is 4.39 Å². The highest BCUT2D eigenvalue weighted by molar-refractivity contribution is 6.00. The second-order valence-corrected chi connectivity index (χ2v) is 5.38. The molecule has 1 aliphatic heterocycles. The van der Waals surface area contributed by atoms with Gasteiger partial charge in [-0.05, 0) is 37.5 Å². The molecule has 4 heteroatoms. The van der Waals surface area contributed by atoms with Gasteiger partial charge in [-0.1, -0.05) is 6.42 Å². The molecular weight excluding hydrogens is 247 g/mol. The predicted octanol–water partition coefficient (Wildman–Crippen LogP) is 3.12. The minimum atomic E-state index is -0.561. The van der Waals surface area contributed by atoms with Gasteiger partial charge in [0, 0.05) is 7.11 Å². The molecule has 1 aromatic carbocycles. The van der Waals surface area contributed by atoms with E-state index in [2.05, 4.69) is 0 Å². The monoisotopic (exact) mass is 264 g/mol. The van der Waals surface area contributed by atoms with Crippen molar-refractivity contribution in [3.8, 4) is 5.75 Å². The maximum Gasteiger partial charge on any atom is 0.170 e. The largest absolute Gasteiger partial charge is 0.483 e. The summed E-state index contributed by atoms with van der Waals surface area (Å²) >= 11 is 0. The molecule has 0 radical (unpaired) electrons. The Bertz CT molecular complexity index is 514. The number of hydrogen-bond donors (Lipinski definition) is 0. The second-order valence-electron chi connectivity index (χ2n) is 5.38. The zero-order chi connectivity index (χ0) is 13.5. The van der Waals surface area contributed by atoms with Crippen molar-refractivity contribution >= 4 is 5.78 Å². The fraction of sp³-hybridized carbons (Fsp3) is 0.533. The van der Waals surface area contributed by atoms with Crippen molar-refractivity contribution in [1.29, 1.82) is 0 Å². The Morgan fingerprint density at radius 2 is 2.26 bits per heavy atom. The van der Waals surface area contributed by atoms with E-state index in [-0.39, 0.29) is 18.3 Å². The van der Waals surface area contributed by atoms with Crippen LogP contribution < -0.4 is 4.74 Å². The van der Waals surface area contributed by atoms with E-state index in [1.165, 1.54) is 12.1 Å². The molecular formula is C15H17FO3.